The maximum Gasteiger partial charge on any atom is 0.416 e. The van der Waals surface area contributed by atoms with Gasteiger partial charge >= 0.3 is 6.18 Å². The number of hydrogen-bond acceptors (Lipinski definition) is 6. The predicted molar refractivity (Wildman–Crippen MR) is 107 cm³/mol. The van der Waals surface area contributed by atoms with Crippen molar-refractivity contribution in [3.8, 4) is 0 Å². The molecule has 1 saturated heterocycles. The molecule has 0 saturated carbocycles. The van der Waals surface area contributed by atoms with E-state index in [2.05, 4.69) is 20.3 Å². The minimum atomic E-state index is -4.49. The summed E-state index contributed by atoms with van der Waals surface area (Å²) < 4.78 is 39.6. The number of pyridine rings is 1. The molecule has 4 rings (SSSR count). The molecule has 1 aromatic carbocycles. The highest BCUT2D eigenvalue weighted by Crippen LogP contribution is 2.33. The van der Waals surface area contributed by atoms with E-state index < -0.39 is 17.3 Å². The third-order valence-electron chi connectivity index (χ3n) is 5.02. The molecule has 0 aliphatic carbocycles. The second kappa shape index (κ2) is 7.60. The third kappa shape index (κ3) is 4.09. The van der Waals surface area contributed by atoms with Crippen molar-refractivity contribution in [3.05, 3.63) is 51.9 Å². The van der Waals surface area contributed by atoms with E-state index in [0.29, 0.717) is 43.0 Å². The molecule has 10 heteroatoms. The van der Waals surface area contributed by atoms with Gasteiger partial charge in [-0.1, -0.05) is 0 Å². The van der Waals surface area contributed by atoms with Crippen molar-refractivity contribution in [3.63, 3.8) is 0 Å². The quantitative estimate of drug-likeness (QED) is 0.603. The molecule has 158 valence electrons. The minimum absolute atomic E-state index is 0.127. The lowest BCUT2D eigenvalue weighted by atomic mass is 10.1. The zero-order valence-electron chi connectivity index (χ0n) is 16.1. The number of aromatic amines is 1. The summed E-state index contributed by atoms with van der Waals surface area (Å²) in [6.07, 6.45) is -2.29. The maximum absolute atomic E-state index is 13.2. The first-order chi connectivity index (χ1) is 14.2. The van der Waals surface area contributed by atoms with Crippen molar-refractivity contribution >= 4 is 28.4 Å². The molecule has 7 nitrogen and oxygen atoms in total. The van der Waals surface area contributed by atoms with Crippen molar-refractivity contribution in [1.29, 1.82) is 0 Å². The van der Waals surface area contributed by atoms with Crippen LogP contribution in [0.3, 0.4) is 0 Å². The Morgan fingerprint density at radius 3 is 2.63 bits per heavy atom. The molecule has 0 atom stereocenters. The molecule has 0 spiro atoms. The van der Waals surface area contributed by atoms with Crippen LogP contribution < -0.4 is 15.8 Å². The van der Waals surface area contributed by atoms with Crippen molar-refractivity contribution in [2.45, 2.75) is 32.0 Å². The Labute approximate surface area is 169 Å². The van der Waals surface area contributed by atoms with Crippen LogP contribution in [0.15, 0.2) is 35.3 Å². The normalized spacial score (nSPS) is 15.6. The number of alkyl halides is 3. The van der Waals surface area contributed by atoms with E-state index in [1.165, 1.54) is 6.20 Å². The van der Waals surface area contributed by atoms with Gasteiger partial charge in [0.15, 0.2) is 0 Å². The Bertz CT molecular complexity index is 1140. The lowest BCUT2D eigenvalue weighted by Crippen LogP contribution is -2.37. The van der Waals surface area contributed by atoms with Gasteiger partial charge < -0.3 is 20.3 Å². The summed E-state index contributed by atoms with van der Waals surface area (Å²) in [6, 6.07) is 5.20. The third-order valence-corrected chi connectivity index (χ3v) is 5.02. The monoisotopic (exact) mass is 419 g/mol. The molecule has 1 aliphatic rings. The number of aliphatic hydroxyl groups is 1. The number of rotatable bonds is 3. The highest BCUT2D eigenvalue weighted by molar-refractivity contribution is 5.91. The van der Waals surface area contributed by atoms with E-state index in [0.717, 1.165) is 12.1 Å². The Kier molecular flexibility index (Phi) is 5.10. The van der Waals surface area contributed by atoms with E-state index in [9.17, 15) is 23.1 Å². The molecular formula is C20H20F3N5O2. The van der Waals surface area contributed by atoms with Gasteiger partial charge in [0.05, 0.1) is 17.2 Å². The summed E-state index contributed by atoms with van der Waals surface area (Å²) in [5.74, 6) is 0.480. The van der Waals surface area contributed by atoms with Crippen LogP contribution in [0.2, 0.25) is 0 Å². The number of benzene rings is 1. The van der Waals surface area contributed by atoms with Gasteiger partial charge in [0.1, 0.15) is 11.2 Å². The molecule has 30 heavy (non-hydrogen) atoms. The van der Waals surface area contributed by atoms with Crippen LogP contribution in [-0.4, -0.2) is 39.3 Å². The Morgan fingerprint density at radius 1 is 1.20 bits per heavy atom. The number of fused-ring (bicyclic) bond motifs is 1. The lowest BCUT2D eigenvalue weighted by Gasteiger charge is -2.30. The van der Waals surface area contributed by atoms with Crippen LogP contribution in [0.25, 0.3) is 10.9 Å². The molecule has 0 bridgehead atoms. The van der Waals surface area contributed by atoms with Gasteiger partial charge in [-0.15, -0.1) is 0 Å². The molecule has 2 aromatic heterocycles. The molecule has 3 aromatic rings. The smallest absolute Gasteiger partial charge is 0.393 e. The van der Waals surface area contributed by atoms with Crippen LogP contribution in [0.5, 0.6) is 0 Å². The van der Waals surface area contributed by atoms with E-state index >= 15 is 0 Å². The SMILES string of the molecule is Cc1cc(Nc2nc(N3CCC(O)CC3)nc3cc[nH]c(=O)c23)cc(C(F)(F)F)c1. The Morgan fingerprint density at radius 2 is 1.93 bits per heavy atom. The van der Waals surface area contributed by atoms with Gasteiger partial charge in [-0.05, 0) is 49.6 Å². The fourth-order valence-electron chi connectivity index (χ4n) is 3.53. The Hall–Kier alpha value is -3.14. The van der Waals surface area contributed by atoms with Crippen LogP contribution >= 0.6 is 0 Å². The number of aryl methyl sites for hydroxylation is 1. The first-order valence-electron chi connectivity index (χ1n) is 9.49. The topological polar surface area (TPSA) is 94.1 Å². The van der Waals surface area contributed by atoms with Crippen molar-refractivity contribution in [2.75, 3.05) is 23.3 Å². The summed E-state index contributed by atoms with van der Waals surface area (Å²) in [7, 11) is 0. The Balaban J connectivity index is 1.80. The maximum atomic E-state index is 13.2. The number of aromatic nitrogens is 3. The average Bonchev–Trinajstić information content (AvgIpc) is 2.67. The van der Waals surface area contributed by atoms with E-state index in [1.54, 1.807) is 19.1 Å². The van der Waals surface area contributed by atoms with Crippen LogP contribution in [-0.2, 0) is 6.18 Å². The molecule has 1 aliphatic heterocycles. The molecule has 3 heterocycles. The number of halogens is 3. The number of H-pyrrole nitrogens is 1. The number of aliphatic hydroxyl groups excluding tert-OH is 1. The summed E-state index contributed by atoms with van der Waals surface area (Å²) in [5.41, 5.74) is -0.265. The summed E-state index contributed by atoms with van der Waals surface area (Å²) in [6.45, 7) is 2.64. The molecule has 0 radical (unpaired) electrons. The number of nitrogens with zero attached hydrogens (tertiary/aromatic N) is 3. The fraction of sp³-hybridized carbons (Fsp3) is 0.350. The molecule has 1 fully saturated rings. The van der Waals surface area contributed by atoms with Crippen LogP contribution in [0, 0.1) is 6.92 Å². The van der Waals surface area contributed by atoms with Crippen LogP contribution in [0.1, 0.15) is 24.0 Å². The van der Waals surface area contributed by atoms with Crippen molar-refractivity contribution < 1.29 is 18.3 Å². The number of anilines is 3. The fourth-order valence-corrected chi connectivity index (χ4v) is 3.53. The molecule has 0 amide bonds. The van der Waals surface area contributed by atoms with E-state index in [-0.39, 0.29) is 23.0 Å². The van der Waals surface area contributed by atoms with Gasteiger partial charge in [-0.3, -0.25) is 4.79 Å². The molecular weight excluding hydrogens is 399 g/mol. The molecule has 3 N–H and O–H groups in total. The number of piperidine rings is 1. The van der Waals surface area contributed by atoms with Crippen molar-refractivity contribution in [2.24, 2.45) is 0 Å². The summed E-state index contributed by atoms with van der Waals surface area (Å²) in [4.78, 5) is 25.7. The number of hydrogen-bond donors (Lipinski definition) is 3. The van der Waals surface area contributed by atoms with Gasteiger partial charge in [0.25, 0.3) is 5.56 Å². The first-order valence-corrected chi connectivity index (χ1v) is 9.49. The summed E-state index contributed by atoms with van der Waals surface area (Å²) in [5, 5.41) is 12.8. The van der Waals surface area contributed by atoms with Gasteiger partial charge in [-0.25, -0.2) is 4.98 Å². The highest BCUT2D eigenvalue weighted by Gasteiger charge is 2.31. The largest absolute Gasteiger partial charge is 0.416 e. The van der Waals surface area contributed by atoms with Crippen LogP contribution in [0.4, 0.5) is 30.6 Å². The minimum Gasteiger partial charge on any atom is -0.393 e. The zero-order valence-corrected chi connectivity index (χ0v) is 16.1. The summed E-state index contributed by atoms with van der Waals surface area (Å²) >= 11 is 0. The second-order valence-electron chi connectivity index (χ2n) is 7.37. The molecule has 0 unspecified atom stereocenters. The van der Waals surface area contributed by atoms with E-state index in [1.807, 2.05) is 4.90 Å². The first kappa shape index (κ1) is 20.1. The van der Waals surface area contributed by atoms with Crippen molar-refractivity contribution in [1.82, 2.24) is 15.0 Å². The predicted octanol–water partition coefficient (Wildman–Crippen LogP) is 3.35. The van der Waals surface area contributed by atoms with E-state index in [4.69, 9.17) is 0 Å². The zero-order chi connectivity index (χ0) is 21.5. The standard InChI is InChI=1S/C20H20F3N5O2/c1-11-8-12(20(21,22)23)10-13(9-11)25-17-16-15(2-5-24-18(16)30)26-19(27-17)28-6-3-14(29)4-7-28/h2,5,8-10,14,29H,3-4,6-7H2,1H3,(H,24,30)(H,25,26,27). The van der Waals surface area contributed by atoms with Gasteiger partial charge in [0.2, 0.25) is 5.95 Å². The number of nitrogens with one attached hydrogen (secondary N) is 2. The average molecular weight is 419 g/mol. The second-order valence-corrected chi connectivity index (χ2v) is 7.37. The highest BCUT2D eigenvalue weighted by atomic mass is 19.4. The van der Waals surface area contributed by atoms with Gasteiger partial charge in [-0.2, -0.15) is 18.2 Å². The van der Waals surface area contributed by atoms with Gasteiger partial charge in [0, 0.05) is 25.0 Å². The lowest BCUT2D eigenvalue weighted by molar-refractivity contribution is -0.137.